The molecule has 1 amide bonds. The molecule has 2 aliphatic heterocycles. The van der Waals surface area contributed by atoms with Crippen LogP contribution in [0.4, 0.5) is 0 Å². The lowest BCUT2D eigenvalue weighted by atomic mass is 9.82. The number of benzene rings is 1. The third kappa shape index (κ3) is 2.78. The Kier molecular flexibility index (Phi) is 4.15. The van der Waals surface area contributed by atoms with E-state index < -0.39 is 0 Å². The normalized spacial score (nSPS) is 26.6. The SMILES string of the molecule is COc1cccc2c(C(=O)NC3C[C@H]4CCC[C@@H](C3)N4C)nn(C)c12. The van der Waals surface area contributed by atoms with Crippen molar-refractivity contribution in [3.63, 3.8) is 0 Å². The van der Waals surface area contributed by atoms with Crippen molar-refractivity contribution >= 4 is 16.8 Å². The predicted octanol–water partition coefficient (Wildman–Crippen LogP) is 2.33. The van der Waals surface area contributed by atoms with Gasteiger partial charge in [-0.3, -0.25) is 9.48 Å². The fraction of sp³-hybridized carbons (Fsp3) is 0.579. The van der Waals surface area contributed by atoms with Crippen LogP contribution >= 0.6 is 0 Å². The average Bonchev–Trinajstić information content (AvgIpc) is 2.93. The maximum atomic E-state index is 12.9. The summed E-state index contributed by atoms with van der Waals surface area (Å²) in [6.07, 6.45) is 5.86. The average molecular weight is 342 g/mol. The molecule has 2 saturated heterocycles. The van der Waals surface area contributed by atoms with Crippen molar-refractivity contribution in [1.29, 1.82) is 0 Å². The third-order valence-electron chi connectivity index (χ3n) is 5.94. The van der Waals surface area contributed by atoms with Crippen molar-refractivity contribution in [3.8, 4) is 5.75 Å². The first-order valence-electron chi connectivity index (χ1n) is 9.11. The molecule has 25 heavy (non-hydrogen) atoms. The minimum absolute atomic E-state index is 0.0773. The Morgan fingerprint density at radius 1 is 1.24 bits per heavy atom. The number of fused-ring (bicyclic) bond motifs is 3. The molecule has 2 aromatic rings. The van der Waals surface area contributed by atoms with E-state index in [0.717, 1.165) is 29.5 Å². The molecule has 4 rings (SSSR count). The molecule has 1 aromatic carbocycles. The van der Waals surface area contributed by atoms with Gasteiger partial charge < -0.3 is 15.0 Å². The maximum Gasteiger partial charge on any atom is 0.272 e. The first-order valence-corrected chi connectivity index (χ1v) is 9.11. The number of hydrogen-bond acceptors (Lipinski definition) is 4. The topological polar surface area (TPSA) is 59.4 Å². The number of nitrogens with one attached hydrogen (secondary N) is 1. The lowest BCUT2D eigenvalue weighted by Gasteiger charge is -2.47. The van der Waals surface area contributed by atoms with Gasteiger partial charge in [0.25, 0.3) is 5.91 Å². The van der Waals surface area contributed by atoms with Crippen molar-refractivity contribution in [3.05, 3.63) is 23.9 Å². The van der Waals surface area contributed by atoms with Crippen LogP contribution in [0.1, 0.15) is 42.6 Å². The summed E-state index contributed by atoms with van der Waals surface area (Å²) in [7, 11) is 5.71. The maximum absolute atomic E-state index is 12.9. The lowest BCUT2D eigenvalue weighted by Crippen LogP contribution is -2.55. The van der Waals surface area contributed by atoms with E-state index in [0.29, 0.717) is 17.8 Å². The molecular weight excluding hydrogens is 316 g/mol. The number of nitrogens with zero attached hydrogens (tertiary/aromatic N) is 3. The van der Waals surface area contributed by atoms with Gasteiger partial charge in [-0.2, -0.15) is 5.10 Å². The molecule has 3 heterocycles. The molecule has 0 spiro atoms. The molecule has 2 aliphatic rings. The molecule has 0 radical (unpaired) electrons. The van der Waals surface area contributed by atoms with Gasteiger partial charge in [0.05, 0.1) is 7.11 Å². The Labute approximate surface area is 148 Å². The second kappa shape index (κ2) is 6.33. The Bertz CT molecular complexity index is 786. The second-order valence-corrected chi connectivity index (χ2v) is 7.37. The zero-order chi connectivity index (χ0) is 17.6. The van der Waals surface area contributed by atoms with Gasteiger partial charge in [0, 0.05) is 30.6 Å². The molecule has 1 aromatic heterocycles. The molecule has 2 fully saturated rings. The number of methoxy groups -OCH3 is 1. The van der Waals surface area contributed by atoms with Crippen molar-refractivity contribution in [2.24, 2.45) is 7.05 Å². The van der Waals surface area contributed by atoms with E-state index in [1.54, 1.807) is 11.8 Å². The summed E-state index contributed by atoms with van der Waals surface area (Å²) in [5, 5.41) is 8.55. The summed E-state index contributed by atoms with van der Waals surface area (Å²) in [5.41, 5.74) is 1.34. The highest BCUT2D eigenvalue weighted by Gasteiger charge is 2.36. The Balaban J connectivity index is 1.57. The zero-order valence-corrected chi connectivity index (χ0v) is 15.2. The van der Waals surface area contributed by atoms with Crippen LogP contribution in [-0.4, -0.2) is 52.9 Å². The van der Waals surface area contributed by atoms with Gasteiger partial charge >= 0.3 is 0 Å². The Hall–Kier alpha value is -2.08. The standard InChI is InChI=1S/C19H26N4O2/c1-22-13-6-4-7-14(22)11-12(10-13)20-19(24)17-15-8-5-9-16(25-3)18(15)23(2)21-17/h5,8-9,12-14H,4,6-7,10-11H2,1-3H3,(H,20,24)/t12?,13-,14+. The molecule has 6 nitrogen and oxygen atoms in total. The number of carbonyl (C=O) groups is 1. The number of aryl methyl sites for hydroxylation is 1. The fourth-order valence-corrected chi connectivity index (χ4v) is 4.62. The summed E-state index contributed by atoms with van der Waals surface area (Å²) in [4.78, 5) is 15.4. The largest absolute Gasteiger partial charge is 0.494 e. The zero-order valence-electron chi connectivity index (χ0n) is 15.2. The van der Waals surface area contributed by atoms with Crippen molar-refractivity contribution in [2.75, 3.05) is 14.2 Å². The van der Waals surface area contributed by atoms with Gasteiger partial charge in [-0.05, 0) is 38.8 Å². The summed E-state index contributed by atoms with van der Waals surface area (Å²) < 4.78 is 7.14. The lowest BCUT2D eigenvalue weighted by molar-refractivity contribution is 0.0462. The number of para-hydroxylation sites is 1. The fourth-order valence-electron chi connectivity index (χ4n) is 4.62. The summed E-state index contributed by atoms with van der Waals surface area (Å²) >= 11 is 0. The van der Waals surface area contributed by atoms with Crippen LogP contribution in [0.2, 0.25) is 0 Å². The molecular formula is C19H26N4O2. The summed E-state index contributed by atoms with van der Waals surface area (Å²) in [5.74, 6) is 0.659. The van der Waals surface area contributed by atoms with E-state index in [1.165, 1.54) is 19.3 Å². The van der Waals surface area contributed by atoms with Crippen LogP contribution < -0.4 is 10.1 Å². The number of piperidine rings is 2. The quantitative estimate of drug-likeness (QED) is 0.930. The third-order valence-corrected chi connectivity index (χ3v) is 5.94. The first-order chi connectivity index (χ1) is 12.1. The van der Waals surface area contributed by atoms with Gasteiger partial charge in [0.15, 0.2) is 5.69 Å². The Morgan fingerprint density at radius 3 is 2.64 bits per heavy atom. The first kappa shape index (κ1) is 16.4. The predicted molar refractivity (Wildman–Crippen MR) is 96.9 cm³/mol. The number of ether oxygens (including phenoxy) is 1. The number of rotatable bonds is 3. The minimum Gasteiger partial charge on any atom is -0.494 e. The van der Waals surface area contributed by atoms with E-state index in [4.69, 9.17) is 4.74 Å². The van der Waals surface area contributed by atoms with Crippen LogP contribution in [-0.2, 0) is 7.05 Å². The van der Waals surface area contributed by atoms with Crippen molar-refractivity contribution in [2.45, 2.75) is 50.2 Å². The molecule has 2 bridgehead atoms. The van der Waals surface area contributed by atoms with E-state index in [2.05, 4.69) is 22.4 Å². The molecule has 0 aliphatic carbocycles. The summed E-state index contributed by atoms with van der Waals surface area (Å²) in [6, 6.07) is 7.16. The number of aromatic nitrogens is 2. The van der Waals surface area contributed by atoms with Crippen LogP contribution in [0.5, 0.6) is 5.75 Å². The van der Waals surface area contributed by atoms with Crippen LogP contribution in [0.15, 0.2) is 18.2 Å². The van der Waals surface area contributed by atoms with Gasteiger partial charge in [0.2, 0.25) is 0 Å². The minimum atomic E-state index is -0.0773. The highest BCUT2D eigenvalue weighted by molar-refractivity contribution is 6.06. The van der Waals surface area contributed by atoms with Gasteiger partial charge in [-0.25, -0.2) is 0 Å². The van der Waals surface area contributed by atoms with Crippen LogP contribution in [0.25, 0.3) is 10.9 Å². The molecule has 1 N–H and O–H groups in total. The van der Waals surface area contributed by atoms with Gasteiger partial charge in [-0.1, -0.05) is 18.6 Å². The number of hydrogen-bond donors (Lipinski definition) is 1. The van der Waals surface area contributed by atoms with E-state index in [9.17, 15) is 4.79 Å². The second-order valence-electron chi connectivity index (χ2n) is 7.37. The number of amides is 1. The van der Waals surface area contributed by atoms with E-state index >= 15 is 0 Å². The smallest absolute Gasteiger partial charge is 0.272 e. The summed E-state index contributed by atoms with van der Waals surface area (Å²) in [6.45, 7) is 0. The molecule has 1 unspecified atom stereocenters. The van der Waals surface area contributed by atoms with Gasteiger partial charge in [0.1, 0.15) is 11.3 Å². The molecule has 0 saturated carbocycles. The van der Waals surface area contributed by atoms with Gasteiger partial charge in [-0.15, -0.1) is 0 Å². The molecule has 134 valence electrons. The highest BCUT2D eigenvalue weighted by atomic mass is 16.5. The van der Waals surface area contributed by atoms with Crippen molar-refractivity contribution < 1.29 is 9.53 Å². The Morgan fingerprint density at radius 2 is 1.96 bits per heavy atom. The highest BCUT2D eigenvalue weighted by Crippen LogP contribution is 2.33. The van der Waals surface area contributed by atoms with E-state index in [-0.39, 0.29) is 11.9 Å². The number of carbonyl (C=O) groups excluding carboxylic acids is 1. The van der Waals surface area contributed by atoms with Crippen LogP contribution in [0, 0.1) is 0 Å². The van der Waals surface area contributed by atoms with E-state index in [1.807, 2.05) is 25.2 Å². The monoisotopic (exact) mass is 342 g/mol. The van der Waals surface area contributed by atoms with Crippen LogP contribution in [0.3, 0.4) is 0 Å². The van der Waals surface area contributed by atoms with Crippen molar-refractivity contribution in [1.82, 2.24) is 20.0 Å². The molecule has 6 heteroatoms. The molecule has 3 atom stereocenters.